The van der Waals surface area contributed by atoms with Gasteiger partial charge in [0.05, 0.1) is 16.3 Å². The summed E-state index contributed by atoms with van der Waals surface area (Å²) in [5.74, 6) is -1.75. The first-order valence-electron chi connectivity index (χ1n) is 6.26. The quantitative estimate of drug-likeness (QED) is 0.470. The number of nitrogens with zero attached hydrogens (tertiary/aromatic N) is 1. The zero-order valence-electron chi connectivity index (χ0n) is 11.1. The number of anilines is 1. The Bertz CT molecular complexity index is 700. The molecule has 1 fully saturated rings. The maximum absolute atomic E-state index is 11.8. The molecule has 0 radical (unpaired) electrons. The Balaban J connectivity index is 2.19. The number of rotatable bonds is 5. The van der Waals surface area contributed by atoms with Crippen molar-refractivity contribution in [3.63, 3.8) is 0 Å². The molecule has 1 saturated carbocycles. The van der Waals surface area contributed by atoms with E-state index in [2.05, 4.69) is 5.32 Å². The van der Waals surface area contributed by atoms with E-state index in [1.165, 1.54) is 13.0 Å². The number of sulfone groups is 1. The van der Waals surface area contributed by atoms with Crippen molar-refractivity contribution in [2.45, 2.75) is 24.3 Å². The predicted molar refractivity (Wildman–Crippen MR) is 73.4 cm³/mol. The number of carbonyl (C=O) groups is 1. The zero-order chi connectivity index (χ0) is 15.8. The number of phenols is 1. The number of nitrogens with one attached hydrogen (secondary N) is 1. The molecule has 0 unspecified atom stereocenters. The van der Waals surface area contributed by atoms with E-state index in [-0.39, 0.29) is 28.5 Å². The number of phenolic OH excluding ortho intramolecular Hbond substituents is 1. The Kier molecular flexibility index (Phi) is 3.86. The predicted octanol–water partition coefficient (Wildman–Crippen LogP) is 0.789. The number of hydrogen-bond acceptors (Lipinski definition) is 6. The van der Waals surface area contributed by atoms with Gasteiger partial charge in [0.1, 0.15) is 11.7 Å². The van der Waals surface area contributed by atoms with Crippen LogP contribution in [0.25, 0.3) is 0 Å². The summed E-state index contributed by atoms with van der Waals surface area (Å²) in [5.41, 5.74) is -0.0662. The monoisotopic (exact) mass is 314 g/mol. The van der Waals surface area contributed by atoms with E-state index in [4.69, 9.17) is 0 Å². The molecule has 1 amide bonds. The smallest absolute Gasteiger partial charge is 0.234 e. The first-order chi connectivity index (χ1) is 9.76. The van der Waals surface area contributed by atoms with Crippen LogP contribution in [0.3, 0.4) is 0 Å². The highest BCUT2D eigenvalue weighted by atomic mass is 32.2. The van der Waals surface area contributed by atoms with E-state index >= 15 is 0 Å². The molecule has 2 atom stereocenters. The van der Waals surface area contributed by atoms with Gasteiger partial charge in [-0.25, -0.2) is 8.42 Å². The Morgan fingerprint density at radius 3 is 2.71 bits per heavy atom. The lowest BCUT2D eigenvalue weighted by Crippen LogP contribution is -2.18. The lowest BCUT2D eigenvalue weighted by Gasteiger charge is -2.09. The van der Waals surface area contributed by atoms with Crippen molar-refractivity contribution in [1.29, 1.82) is 0 Å². The fourth-order valence-corrected chi connectivity index (χ4v) is 2.80. The summed E-state index contributed by atoms with van der Waals surface area (Å²) < 4.78 is 23.5. The summed E-state index contributed by atoms with van der Waals surface area (Å²) in [6.07, 6.45) is 0.145. The van der Waals surface area contributed by atoms with Gasteiger partial charge in [0.25, 0.3) is 0 Å². The van der Waals surface area contributed by atoms with Gasteiger partial charge in [-0.15, -0.1) is 0 Å². The molecule has 0 saturated heterocycles. The lowest BCUT2D eigenvalue weighted by molar-refractivity contribution is -0.497. The van der Waals surface area contributed by atoms with E-state index in [1.54, 1.807) is 0 Å². The Hall–Kier alpha value is -2.16. The van der Waals surface area contributed by atoms with E-state index in [1.807, 2.05) is 0 Å². The molecule has 1 aliphatic carbocycles. The third-order valence-corrected chi connectivity index (χ3v) is 5.06. The highest BCUT2D eigenvalue weighted by Gasteiger charge is 2.53. The van der Waals surface area contributed by atoms with Gasteiger partial charge < -0.3 is 10.4 Å². The van der Waals surface area contributed by atoms with Gasteiger partial charge in [-0.3, -0.25) is 14.9 Å². The van der Waals surface area contributed by atoms with E-state index in [9.17, 15) is 28.4 Å². The van der Waals surface area contributed by atoms with Crippen molar-refractivity contribution in [3.8, 4) is 5.75 Å². The van der Waals surface area contributed by atoms with Crippen LogP contribution in [0.2, 0.25) is 0 Å². The molecule has 0 bridgehead atoms. The first-order valence-corrected chi connectivity index (χ1v) is 7.91. The van der Waals surface area contributed by atoms with Crippen molar-refractivity contribution in [3.05, 3.63) is 28.3 Å². The van der Waals surface area contributed by atoms with Crippen LogP contribution in [-0.4, -0.2) is 36.1 Å². The normalized spacial score (nSPS) is 20.8. The van der Waals surface area contributed by atoms with Crippen LogP contribution in [0.4, 0.5) is 5.69 Å². The highest BCUT2D eigenvalue weighted by molar-refractivity contribution is 7.91. The number of carbonyl (C=O) groups excluding carboxylic acids is 1. The number of benzene rings is 1. The molecule has 21 heavy (non-hydrogen) atoms. The number of hydrogen-bond donors (Lipinski definition) is 2. The molecule has 0 aliphatic heterocycles. The second-order valence-corrected chi connectivity index (χ2v) is 7.04. The Morgan fingerprint density at radius 1 is 1.52 bits per heavy atom. The molecule has 0 spiro atoms. The molecule has 1 aromatic carbocycles. The molecule has 2 rings (SSSR count). The van der Waals surface area contributed by atoms with Crippen molar-refractivity contribution in [2.24, 2.45) is 5.92 Å². The van der Waals surface area contributed by atoms with Gasteiger partial charge >= 0.3 is 0 Å². The molecule has 1 aliphatic rings. The van der Waals surface area contributed by atoms with Gasteiger partial charge in [0.2, 0.25) is 11.9 Å². The maximum Gasteiger partial charge on any atom is 0.234 e. The standard InChI is InChI=1S/C12H14N2O6S/c1-2-21(19,20)7-3-4-11(15)9(5-7)13-12(16)8-6-10(8)14(17)18/h3-5,8,10,15H,2,6H2,1H3,(H,13,16)/t8-,10-/m1/s1. The van der Waals surface area contributed by atoms with Gasteiger partial charge in [-0.1, -0.05) is 6.92 Å². The number of amides is 1. The molecule has 0 heterocycles. The molecular formula is C12H14N2O6S. The van der Waals surface area contributed by atoms with E-state index in [0.29, 0.717) is 0 Å². The van der Waals surface area contributed by atoms with Crippen LogP contribution in [0.1, 0.15) is 13.3 Å². The molecule has 0 aromatic heterocycles. The fourth-order valence-electron chi connectivity index (χ4n) is 1.90. The van der Waals surface area contributed by atoms with E-state index in [0.717, 1.165) is 12.1 Å². The molecule has 2 N–H and O–H groups in total. The summed E-state index contributed by atoms with van der Waals surface area (Å²) in [6, 6.07) is 2.64. The van der Waals surface area contributed by atoms with Crippen LogP contribution in [0.15, 0.2) is 23.1 Å². The molecular weight excluding hydrogens is 300 g/mol. The summed E-state index contributed by atoms with van der Waals surface area (Å²) in [4.78, 5) is 21.8. The van der Waals surface area contributed by atoms with Crippen LogP contribution in [-0.2, 0) is 14.6 Å². The molecule has 8 nitrogen and oxygen atoms in total. The van der Waals surface area contributed by atoms with E-state index < -0.39 is 32.6 Å². The third kappa shape index (κ3) is 3.13. The van der Waals surface area contributed by atoms with Gasteiger partial charge in [0, 0.05) is 11.3 Å². The summed E-state index contributed by atoms with van der Waals surface area (Å²) in [6.45, 7) is 1.48. The van der Waals surface area contributed by atoms with Crippen molar-refractivity contribution in [1.82, 2.24) is 0 Å². The van der Waals surface area contributed by atoms with Crippen molar-refractivity contribution >= 4 is 21.4 Å². The van der Waals surface area contributed by atoms with Gasteiger partial charge in [-0.2, -0.15) is 0 Å². The molecule has 114 valence electrons. The fraction of sp³-hybridized carbons (Fsp3) is 0.417. The highest BCUT2D eigenvalue weighted by Crippen LogP contribution is 2.35. The lowest BCUT2D eigenvalue weighted by atomic mass is 10.2. The van der Waals surface area contributed by atoms with Crippen molar-refractivity contribution in [2.75, 3.05) is 11.1 Å². The Morgan fingerprint density at radius 2 is 2.19 bits per heavy atom. The van der Waals surface area contributed by atoms with Crippen LogP contribution < -0.4 is 5.32 Å². The minimum absolute atomic E-state index is 0.0280. The first kappa shape index (κ1) is 15.2. The molecule has 1 aromatic rings. The third-order valence-electron chi connectivity index (χ3n) is 3.33. The summed E-state index contributed by atoms with van der Waals surface area (Å²) >= 11 is 0. The minimum atomic E-state index is -3.47. The molecule has 9 heteroatoms. The second-order valence-electron chi connectivity index (χ2n) is 4.77. The average molecular weight is 314 g/mol. The average Bonchev–Trinajstić information content (AvgIpc) is 3.21. The zero-order valence-corrected chi connectivity index (χ0v) is 12.0. The number of nitro groups is 1. The van der Waals surface area contributed by atoms with Crippen molar-refractivity contribution < 1.29 is 23.2 Å². The van der Waals surface area contributed by atoms with Gasteiger partial charge in [-0.05, 0) is 18.2 Å². The minimum Gasteiger partial charge on any atom is -0.506 e. The second kappa shape index (κ2) is 5.32. The van der Waals surface area contributed by atoms with Gasteiger partial charge in [0.15, 0.2) is 9.84 Å². The summed E-state index contributed by atoms with van der Waals surface area (Å²) in [7, 11) is -3.47. The van der Waals surface area contributed by atoms with Crippen LogP contribution in [0.5, 0.6) is 5.75 Å². The van der Waals surface area contributed by atoms with Crippen LogP contribution >= 0.6 is 0 Å². The maximum atomic E-state index is 11.8. The van der Waals surface area contributed by atoms with Crippen LogP contribution in [0, 0.1) is 16.0 Å². The SMILES string of the molecule is CCS(=O)(=O)c1ccc(O)c(NC(=O)[C@@H]2C[C@H]2[N+](=O)[O-])c1. The summed E-state index contributed by atoms with van der Waals surface area (Å²) in [5, 5.41) is 22.5. The largest absolute Gasteiger partial charge is 0.506 e. The Labute approximate surface area is 120 Å². The topological polar surface area (TPSA) is 127 Å². The number of aromatic hydroxyl groups is 1.